The second kappa shape index (κ2) is 5.08. The monoisotopic (exact) mass is 178 g/mol. The Balaban J connectivity index is 4.19. The van der Waals surface area contributed by atoms with Crippen LogP contribution in [0.5, 0.6) is 0 Å². The van der Waals surface area contributed by atoms with Gasteiger partial charge < -0.3 is 4.74 Å². The van der Waals surface area contributed by atoms with Crippen molar-refractivity contribution in [1.29, 1.82) is 0 Å². The van der Waals surface area contributed by atoms with Crippen LogP contribution in [0, 0.1) is 0 Å². The Morgan fingerprint density at radius 3 is 1.83 bits per heavy atom. The predicted molar refractivity (Wildman–Crippen MR) is 40.1 cm³/mol. The lowest BCUT2D eigenvalue weighted by molar-refractivity contribution is -0.462. The molecule has 5 nitrogen and oxygen atoms in total. The van der Waals surface area contributed by atoms with Gasteiger partial charge in [-0.1, -0.05) is 6.92 Å². The number of hydrogen-bond donors (Lipinski definition) is 0. The first kappa shape index (κ1) is 11.4. The van der Waals surface area contributed by atoms with Gasteiger partial charge in [0.25, 0.3) is 0 Å². The lowest BCUT2D eigenvalue weighted by Gasteiger charge is -2.26. The van der Waals surface area contributed by atoms with Crippen molar-refractivity contribution in [2.24, 2.45) is 0 Å². The maximum absolute atomic E-state index is 10.8. The zero-order chi connectivity index (χ0) is 9.61. The number of ether oxygens (including phenoxy) is 4. The molecule has 0 unspecified atom stereocenters. The van der Waals surface area contributed by atoms with Gasteiger partial charge in [0.05, 0.1) is 0 Å². The minimum atomic E-state index is -1.70. The number of esters is 1. The molecule has 0 rings (SSSR count). The lowest BCUT2D eigenvalue weighted by Crippen LogP contribution is -2.40. The standard InChI is InChI=1S/C7H14O5/c1-5-6(8)12-7(9-2,10-3)11-4/h5H2,1-4H3. The summed E-state index contributed by atoms with van der Waals surface area (Å²) in [5.74, 6) is -0.458. The number of rotatable bonds is 5. The van der Waals surface area contributed by atoms with Crippen LogP contribution in [0.15, 0.2) is 0 Å². The molecule has 0 aliphatic heterocycles. The SMILES string of the molecule is CCC(=O)OC(OC)(OC)OC. The van der Waals surface area contributed by atoms with Crippen LogP contribution in [-0.4, -0.2) is 33.5 Å². The van der Waals surface area contributed by atoms with E-state index >= 15 is 0 Å². The molecule has 72 valence electrons. The van der Waals surface area contributed by atoms with Crippen molar-refractivity contribution in [1.82, 2.24) is 0 Å². The highest BCUT2D eigenvalue weighted by Crippen LogP contribution is 2.14. The summed E-state index contributed by atoms with van der Waals surface area (Å²) < 4.78 is 18.9. The van der Waals surface area contributed by atoms with Gasteiger partial charge in [-0.15, -0.1) is 0 Å². The van der Waals surface area contributed by atoms with E-state index in [4.69, 9.17) is 18.9 Å². The second-order valence-electron chi connectivity index (χ2n) is 1.94. The molecule has 0 heterocycles. The topological polar surface area (TPSA) is 54.0 Å². The van der Waals surface area contributed by atoms with Crippen LogP contribution >= 0.6 is 0 Å². The summed E-state index contributed by atoms with van der Waals surface area (Å²) in [6.07, 6.45) is -1.47. The van der Waals surface area contributed by atoms with E-state index in [2.05, 4.69) is 0 Å². The van der Waals surface area contributed by atoms with Gasteiger partial charge in [0.1, 0.15) is 0 Å². The van der Waals surface area contributed by atoms with Gasteiger partial charge in [-0.25, -0.2) is 0 Å². The van der Waals surface area contributed by atoms with E-state index in [1.807, 2.05) is 0 Å². The summed E-state index contributed by atoms with van der Waals surface area (Å²) in [7, 11) is 3.95. The van der Waals surface area contributed by atoms with Gasteiger partial charge in [-0.2, -0.15) is 0 Å². The van der Waals surface area contributed by atoms with E-state index in [1.54, 1.807) is 6.92 Å². The fraction of sp³-hybridized carbons (Fsp3) is 0.857. The molecule has 0 saturated heterocycles. The van der Waals surface area contributed by atoms with Crippen LogP contribution in [-0.2, 0) is 23.7 Å². The zero-order valence-electron chi connectivity index (χ0n) is 7.75. The van der Waals surface area contributed by atoms with E-state index in [9.17, 15) is 4.79 Å². The second-order valence-corrected chi connectivity index (χ2v) is 1.94. The van der Waals surface area contributed by atoms with Crippen LogP contribution in [0.25, 0.3) is 0 Å². The minimum Gasteiger partial charge on any atom is -0.384 e. The third kappa shape index (κ3) is 2.77. The van der Waals surface area contributed by atoms with Crippen molar-refractivity contribution in [3.05, 3.63) is 0 Å². The molecule has 0 saturated carbocycles. The fourth-order valence-electron chi connectivity index (χ4n) is 0.587. The molecule has 0 aromatic carbocycles. The molecular formula is C7H14O5. The van der Waals surface area contributed by atoms with Gasteiger partial charge in [-0.05, 0) is 0 Å². The summed E-state index contributed by atoms with van der Waals surface area (Å²) in [5.41, 5.74) is 0. The summed E-state index contributed by atoms with van der Waals surface area (Å²) >= 11 is 0. The Morgan fingerprint density at radius 2 is 1.58 bits per heavy atom. The van der Waals surface area contributed by atoms with Gasteiger partial charge in [0, 0.05) is 27.8 Å². The molecule has 0 radical (unpaired) electrons. The Hall–Kier alpha value is -0.650. The molecule has 0 N–H and O–H groups in total. The highest BCUT2D eigenvalue weighted by molar-refractivity contribution is 5.69. The molecule has 12 heavy (non-hydrogen) atoms. The summed E-state index contributed by atoms with van der Waals surface area (Å²) in [6.45, 7) is 1.66. The van der Waals surface area contributed by atoms with E-state index in [-0.39, 0.29) is 6.42 Å². The van der Waals surface area contributed by atoms with E-state index in [0.29, 0.717) is 0 Å². The summed E-state index contributed by atoms with van der Waals surface area (Å²) in [4.78, 5) is 10.8. The molecule has 0 aromatic heterocycles. The van der Waals surface area contributed by atoms with Crippen molar-refractivity contribution in [3.8, 4) is 0 Å². The van der Waals surface area contributed by atoms with Crippen molar-refractivity contribution in [2.45, 2.75) is 19.5 Å². The number of carbonyl (C=O) groups is 1. The van der Waals surface area contributed by atoms with Crippen LogP contribution < -0.4 is 0 Å². The average Bonchev–Trinajstić information content (AvgIpc) is 2.14. The first-order chi connectivity index (χ1) is 5.64. The van der Waals surface area contributed by atoms with E-state index in [1.165, 1.54) is 21.3 Å². The number of methoxy groups -OCH3 is 3. The van der Waals surface area contributed by atoms with E-state index in [0.717, 1.165) is 0 Å². The van der Waals surface area contributed by atoms with E-state index < -0.39 is 12.1 Å². The summed E-state index contributed by atoms with van der Waals surface area (Å²) in [5, 5.41) is 0. The summed E-state index contributed by atoms with van der Waals surface area (Å²) in [6, 6.07) is 0. The smallest absolute Gasteiger partial charge is 0.384 e. The highest BCUT2D eigenvalue weighted by Gasteiger charge is 2.34. The quantitative estimate of drug-likeness (QED) is 0.453. The van der Waals surface area contributed by atoms with Crippen molar-refractivity contribution in [2.75, 3.05) is 21.3 Å². The first-order valence-electron chi connectivity index (χ1n) is 3.51. The molecule has 5 heteroatoms. The van der Waals surface area contributed by atoms with Gasteiger partial charge in [-0.3, -0.25) is 19.0 Å². The third-order valence-electron chi connectivity index (χ3n) is 1.28. The maximum atomic E-state index is 10.8. The minimum absolute atomic E-state index is 0.234. The highest BCUT2D eigenvalue weighted by atomic mass is 17.0. The molecule has 0 atom stereocenters. The predicted octanol–water partition coefficient (Wildman–Crippen LogP) is 0.490. The Morgan fingerprint density at radius 1 is 1.17 bits per heavy atom. The van der Waals surface area contributed by atoms with Crippen LogP contribution in [0.4, 0.5) is 0 Å². The molecule has 0 bridgehead atoms. The average molecular weight is 178 g/mol. The van der Waals surface area contributed by atoms with Crippen LogP contribution in [0.3, 0.4) is 0 Å². The van der Waals surface area contributed by atoms with Gasteiger partial charge in [0.15, 0.2) is 0 Å². The Labute approximate surface area is 71.5 Å². The fourth-order valence-corrected chi connectivity index (χ4v) is 0.587. The third-order valence-corrected chi connectivity index (χ3v) is 1.28. The Kier molecular flexibility index (Phi) is 4.80. The molecular weight excluding hydrogens is 164 g/mol. The normalized spacial score (nSPS) is 11.3. The molecule has 0 aliphatic rings. The maximum Gasteiger partial charge on any atom is 0.462 e. The lowest BCUT2D eigenvalue weighted by atomic mass is 10.5. The van der Waals surface area contributed by atoms with Crippen molar-refractivity contribution >= 4 is 5.97 Å². The molecule has 0 aliphatic carbocycles. The largest absolute Gasteiger partial charge is 0.462 e. The zero-order valence-corrected chi connectivity index (χ0v) is 7.75. The molecule has 0 aromatic rings. The van der Waals surface area contributed by atoms with Gasteiger partial charge >= 0.3 is 12.1 Å². The van der Waals surface area contributed by atoms with Crippen LogP contribution in [0.2, 0.25) is 0 Å². The Bertz CT molecular complexity index is 132. The van der Waals surface area contributed by atoms with Gasteiger partial charge in [0.2, 0.25) is 0 Å². The number of hydrogen-bond acceptors (Lipinski definition) is 5. The molecule has 0 amide bonds. The van der Waals surface area contributed by atoms with Crippen molar-refractivity contribution in [3.63, 3.8) is 0 Å². The molecule has 0 fully saturated rings. The number of carbonyl (C=O) groups excluding carboxylic acids is 1. The van der Waals surface area contributed by atoms with Crippen LogP contribution in [0.1, 0.15) is 13.3 Å². The first-order valence-corrected chi connectivity index (χ1v) is 3.51. The molecule has 0 spiro atoms. The van der Waals surface area contributed by atoms with Crippen molar-refractivity contribution < 1.29 is 23.7 Å².